The minimum atomic E-state index is 0.208. The lowest BCUT2D eigenvalue weighted by Crippen LogP contribution is -1.91. The van der Waals surface area contributed by atoms with Crippen LogP contribution in [0.1, 0.15) is 22.9 Å². The summed E-state index contributed by atoms with van der Waals surface area (Å²) in [5, 5.41) is 0. The first kappa shape index (κ1) is 8.47. The van der Waals surface area contributed by atoms with Crippen molar-refractivity contribution in [3.63, 3.8) is 0 Å². The fraction of sp³-hybridized carbons (Fsp3) is 0.222. The number of carbonyl (C=O) groups excluding carboxylic acids is 1. The summed E-state index contributed by atoms with van der Waals surface area (Å²) in [5.74, 6) is 0. The average molecular weight is 212 g/mol. The van der Waals surface area contributed by atoms with Crippen LogP contribution in [0, 0.1) is 0 Å². The largest absolute Gasteiger partial charge is 0.285 e. The molecule has 0 aliphatic heterocycles. The highest BCUT2D eigenvalue weighted by atomic mass is 79.9. The zero-order valence-electron chi connectivity index (χ0n) is 6.17. The number of hydrogen-bond acceptors (Lipinski definition) is 1. The third-order valence-electron chi connectivity index (χ3n) is 1.50. The van der Waals surface area contributed by atoms with Gasteiger partial charge in [0.15, 0.2) is 0 Å². The van der Waals surface area contributed by atoms with Gasteiger partial charge in [0.25, 0.3) is 0 Å². The molecule has 1 aromatic carbocycles. The highest BCUT2D eigenvalue weighted by Gasteiger charge is 2.05. The van der Waals surface area contributed by atoms with E-state index in [1.807, 2.05) is 31.4 Å². The molecule has 0 saturated heterocycles. The van der Waals surface area contributed by atoms with Crippen LogP contribution in [0.4, 0.5) is 0 Å². The van der Waals surface area contributed by atoms with E-state index in [0.717, 1.165) is 5.56 Å². The number of hydrogen-bond donors (Lipinski definition) is 0. The molecule has 0 aliphatic carbocycles. The topological polar surface area (TPSA) is 17.1 Å². The van der Waals surface area contributed by atoms with Crippen LogP contribution in [0.25, 0.3) is 0 Å². The Kier molecular flexibility index (Phi) is 2.83. The predicted octanol–water partition coefficient (Wildman–Crippen LogP) is 2.60. The van der Waals surface area contributed by atoms with Crippen molar-refractivity contribution in [3.05, 3.63) is 35.4 Å². The van der Waals surface area contributed by atoms with E-state index in [-0.39, 0.29) is 4.83 Å². The second-order valence-corrected chi connectivity index (χ2v) is 3.68. The molecule has 0 fully saturated rings. The first-order valence-electron chi connectivity index (χ1n) is 3.37. The maximum Gasteiger partial charge on any atom is 0.233 e. The van der Waals surface area contributed by atoms with Gasteiger partial charge in [-0.25, -0.2) is 0 Å². The van der Waals surface area contributed by atoms with Crippen LogP contribution in [0.3, 0.4) is 0 Å². The van der Waals surface area contributed by atoms with Crippen LogP contribution < -0.4 is 0 Å². The van der Waals surface area contributed by atoms with Gasteiger partial charge < -0.3 is 0 Å². The molecule has 0 N–H and O–H groups in total. The van der Waals surface area contributed by atoms with Gasteiger partial charge in [-0.15, -0.1) is 0 Å². The van der Waals surface area contributed by atoms with Crippen molar-refractivity contribution in [2.75, 3.05) is 0 Å². The Morgan fingerprint density at radius 1 is 1.45 bits per heavy atom. The van der Waals surface area contributed by atoms with E-state index in [1.54, 1.807) is 6.07 Å². The maximum absolute atomic E-state index is 10.4. The van der Waals surface area contributed by atoms with E-state index in [4.69, 9.17) is 0 Å². The molecule has 1 nitrogen and oxygen atoms in total. The van der Waals surface area contributed by atoms with Crippen LogP contribution in [0.15, 0.2) is 24.3 Å². The Morgan fingerprint density at radius 3 is 2.55 bits per heavy atom. The second kappa shape index (κ2) is 3.67. The molecule has 1 radical (unpaired) electrons. The summed E-state index contributed by atoms with van der Waals surface area (Å²) < 4.78 is 0. The summed E-state index contributed by atoms with van der Waals surface area (Å²) in [6.07, 6.45) is 1.90. The van der Waals surface area contributed by atoms with Crippen LogP contribution in [0.5, 0.6) is 0 Å². The molecule has 1 rings (SSSR count). The molecule has 57 valence electrons. The maximum atomic E-state index is 10.4. The van der Waals surface area contributed by atoms with Crippen molar-refractivity contribution >= 4 is 22.2 Å². The minimum absolute atomic E-state index is 0.208. The predicted molar refractivity (Wildman–Crippen MR) is 48.6 cm³/mol. The van der Waals surface area contributed by atoms with Crippen molar-refractivity contribution in [3.8, 4) is 0 Å². The summed E-state index contributed by atoms with van der Waals surface area (Å²) in [5.41, 5.74) is 1.62. The van der Waals surface area contributed by atoms with Gasteiger partial charge in [-0.3, -0.25) is 4.79 Å². The van der Waals surface area contributed by atoms with Gasteiger partial charge in [0.1, 0.15) is 0 Å². The Balaban J connectivity index is 3.12. The number of alkyl halides is 1. The molecule has 11 heavy (non-hydrogen) atoms. The monoisotopic (exact) mass is 211 g/mol. The van der Waals surface area contributed by atoms with Gasteiger partial charge in [0.05, 0.1) is 0 Å². The summed E-state index contributed by atoms with van der Waals surface area (Å²) in [6.45, 7) is 1.98. The molecular formula is C9H8BrO. The molecular weight excluding hydrogens is 204 g/mol. The van der Waals surface area contributed by atoms with E-state index < -0.39 is 0 Å². The van der Waals surface area contributed by atoms with Crippen molar-refractivity contribution < 1.29 is 4.79 Å². The second-order valence-electron chi connectivity index (χ2n) is 2.31. The van der Waals surface area contributed by atoms with Gasteiger partial charge in [-0.1, -0.05) is 40.2 Å². The molecule has 0 heterocycles. The standard InChI is InChI=1S/C9H8BrO/c1-7(10)9-5-3-2-4-8(9)6-11/h2-5,7H,1H3. The highest BCUT2D eigenvalue weighted by Crippen LogP contribution is 2.23. The molecule has 0 spiro atoms. The van der Waals surface area contributed by atoms with Gasteiger partial charge in [-0.05, 0) is 12.5 Å². The molecule has 0 bridgehead atoms. The van der Waals surface area contributed by atoms with Crippen LogP contribution in [0.2, 0.25) is 0 Å². The first-order chi connectivity index (χ1) is 5.25. The third kappa shape index (κ3) is 1.90. The lowest BCUT2D eigenvalue weighted by atomic mass is 10.1. The molecule has 1 atom stereocenters. The summed E-state index contributed by atoms with van der Waals surface area (Å²) >= 11 is 3.40. The molecule has 0 saturated carbocycles. The van der Waals surface area contributed by atoms with Crippen LogP contribution >= 0.6 is 15.9 Å². The van der Waals surface area contributed by atoms with Crippen molar-refractivity contribution in [1.82, 2.24) is 0 Å². The quantitative estimate of drug-likeness (QED) is 0.688. The summed E-state index contributed by atoms with van der Waals surface area (Å²) in [6, 6.07) is 7.42. The number of benzene rings is 1. The Bertz CT molecular complexity index is 255. The molecule has 2 heteroatoms. The Hall–Kier alpha value is -0.630. The highest BCUT2D eigenvalue weighted by molar-refractivity contribution is 9.09. The molecule has 0 aliphatic rings. The zero-order valence-corrected chi connectivity index (χ0v) is 7.76. The molecule has 1 unspecified atom stereocenters. The first-order valence-corrected chi connectivity index (χ1v) is 4.28. The van der Waals surface area contributed by atoms with E-state index in [9.17, 15) is 4.79 Å². The van der Waals surface area contributed by atoms with E-state index in [2.05, 4.69) is 15.9 Å². The smallest absolute Gasteiger partial charge is 0.233 e. The third-order valence-corrected chi connectivity index (χ3v) is 1.99. The van der Waals surface area contributed by atoms with Crippen LogP contribution in [-0.4, -0.2) is 6.29 Å². The van der Waals surface area contributed by atoms with Gasteiger partial charge >= 0.3 is 0 Å². The minimum Gasteiger partial charge on any atom is -0.285 e. The van der Waals surface area contributed by atoms with E-state index >= 15 is 0 Å². The Labute approximate surface area is 74.6 Å². The van der Waals surface area contributed by atoms with Gasteiger partial charge in [-0.2, -0.15) is 0 Å². The average Bonchev–Trinajstić information content (AvgIpc) is 2.04. The fourth-order valence-corrected chi connectivity index (χ4v) is 1.34. The number of halogens is 1. The fourth-order valence-electron chi connectivity index (χ4n) is 0.937. The van der Waals surface area contributed by atoms with Crippen LogP contribution in [-0.2, 0) is 4.79 Å². The number of rotatable bonds is 2. The summed E-state index contributed by atoms with van der Waals surface area (Å²) in [4.78, 5) is 10.6. The SMILES string of the molecule is CC(Br)c1ccccc1[C]=O. The molecule has 0 aromatic heterocycles. The summed E-state index contributed by atoms with van der Waals surface area (Å²) in [7, 11) is 0. The van der Waals surface area contributed by atoms with Crippen molar-refractivity contribution in [1.29, 1.82) is 0 Å². The lowest BCUT2D eigenvalue weighted by Gasteiger charge is -2.04. The normalized spacial score (nSPS) is 12.5. The Morgan fingerprint density at radius 2 is 2.09 bits per heavy atom. The zero-order chi connectivity index (χ0) is 8.27. The van der Waals surface area contributed by atoms with Crippen molar-refractivity contribution in [2.45, 2.75) is 11.8 Å². The van der Waals surface area contributed by atoms with Gasteiger partial charge in [0, 0.05) is 10.4 Å². The van der Waals surface area contributed by atoms with Crippen molar-refractivity contribution in [2.24, 2.45) is 0 Å². The molecule has 0 amide bonds. The van der Waals surface area contributed by atoms with E-state index in [0.29, 0.717) is 5.56 Å². The van der Waals surface area contributed by atoms with E-state index in [1.165, 1.54) is 0 Å². The lowest BCUT2D eigenvalue weighted by molar-refractivity contribution is 0.562. The van der Waals surface area contributed by atoms with Gasteiger partial charge in [0.2, 0.25) is 6.29 Å². The molecule has 1 aromatic rings.